The molecule has 0 radical (unpaired) electrons. The standard InChI is InChI=1S/C27H35N5O2/c1-20-9-10-22-23(32(20)27(33)34-3)11-12-24-26(22)28-25(19-21-7-5-4-6-8-21)31(24)18-17-30-15-13-29(2)14-16-30/h4-8,11-12,20H,9-10,13-19H2,1-3H3/t20-/m0/s1. The van der Waals surface area contributed by atoms with Crippen molar-refractivity contribution in [2.45, 2.75) is 38.8 Å². The first kappa shape index (κ1) is 22.9. The fourth-order valence-electron chi connectivity index (χ4n) is 5.33. The molecule has 3 heterocycles. The number of rotatable bonds is 5. The number of aromatic nitrogens is 2. The lowest BCUT2D eigenvalue weighted by Gasteiger charge is -2.34. The van der Waals surface area contributed by atoms with Crippen molar-refractivity contribution in [3.8, 4) is 0 Å². The molecule has 1 aromatic heterocycles. The molecule has 2 aliphatic rings. The highest BCUT2D eigenvalue weighted by atomic mass is 16.5. The number of nitrogens with zero attached hydrogens (tertiary/aromatic N) is 5. The van der Waals surface area contributed by atoms with Crippen LogP contribution in [-0.2, 0) is 24.1 Å². The number of likely N-dealkylation sites (N-methyl/N-ethyl adjacent to an activating group) is 1. The average molecular weight is 462 g/mol. The van der Waals surface area contributed by atoms with Gasteiger partial charge in [-0.05, 0) is 44.5 Å². The average Bonchev–Trinajstić information content (AvgIpc) is 3.20. The normalized spacial score (nSPS) is 19.4. The van der Waals surface area contributed by atoms with Gasteiger partial charge in [0.1, 0.15) is 5.82 Å². The number of carbonyl (C=O) groups excluding carboxylic acids is 1. The zero-order valence-electron chi connectivity index (χ0n) is 20.5. The van der Waals surface area contributed by atoms with Gasteiger partial charge in [0.05, 0.1) is 23.8 Å². The quantitative estimate of drug-likeness (QED) is 0.579. The number of hydrogen-bond donors (Lipinski definition) is 0. The van der Waals surface area contributed by atoms with Crippen LogP contribution >= 0.6 is 0 Å². The third kappa shape index (κ3) is 4.42. The maximum absolute atomic E-state index is 12.6. The summed E-state index contributed by atoms with van der Waals surface area (Å²) in [6.07, 6.45) is 2.32. The second-order valence-electron chi connectivity index (χ2n) is 9.65. The minimum Gasteiger partial charge on any atom is -0.452 e. The number of imidazole rings is 1. The lowest BCUT2D eigenvalue weighted by molar-refractivity contribution is 0.150. The molecule has 5 rings (SSSR count). The Morgan fingerprint density at radius 2 is 1.82 bits per heavy atom. The van der Waals surface area contributed by atoms with Crippen LogP contribution in [0.5, 0.6) is 0 Å². The van der Waals surface area contributed by atoms with E-state index >= 15 is 0 Å². The Bertz CT molecular complexity index is 1150. The molecule has 1 amide bonds. The van der Waals surface area contributed by atoms with E-state index in [0.717, 1.165) is 86.6 Å². The summed E-state index contributed by atoms with van der Waals surface area (Å²) in [7, 11) is 3.65. The maximum atomic E-state index is 12.6. The molecule has 7 heteroatoms. The Kier molecular flexibility index (Phi) is 6.57. The SMILES string of the molecule is COC(=O)N1c2ccc3c(nc(Cc4ccccc4)n3CCN3CCN(C)CC3)c2CC[C@@H]1C. The molecule has 0 bridgehead atoms. The van der Waals surface area contributed by atoms with Crippen molar-refractivity contribution in [3.63, 3.8) is 0 Å². The summed E-state index contributed by atoms with van der Waals surface area (Å²) in [5, 5.41) is 0. The summed E-state index contributed by atoms with van der Waals surface area (Å²) in [5.41, 5.74) is 5.56. The highest BCUT2D eigenvalue weighted by Gasteiger charge is 2.31. The molecule has 0 spiro atoms. The summed E-state index contributed by atoms with van der Waals surface area (Å²) >= 11 is 0. The maximum Gasteiger partial charge on any atom is 0.414 e. The zero-order chi connectivity index (χ0) is 23.7. The number of methoxy groups -OCH3 is 1. The van der Waals surface area contributed by atoms with E-state index in [1.54, 1.807) is 4.90 Å². The minimum absolute atomic E-state index is 0.112. The second-order valence-corrected chi connectivity index (χ2v) is 9.65. The van der Waals surface area contributed by atoms with Crippen molar-refractivity contribution in [2.24, 2.45) is 0 Å². The summed E-state index contributed by atoms with van der Waals surface area (Å²) < 4.78 is 7.51. The van der Waals surface area contributed by atoms with Crippen LogP contribution in [0.3, 0.4) is 0 Å². The fraction of sp³-hybridized carbons (Fsp3) is 0.481. The van der Waals surface area contributed by atoms with E-state index in [1.807, 2.05) is 0 Å². The van der Waals surface area contributed by atoms with Crippen LogP contribution in [0.15, 0.2) is 42.5 Å². The summed E-state index contributed by atoms with van der Waals surface area (Å²) in [6.45, 7) is 8.48. The molecule has 1 fully saturated rings. The number of hydrogen-bond acceptors (Lipinski definition) is 5. The summed E-state index contributed by atoms with van der Waals surface area (Å²) in [6, 6.07) is 14.9. The van der Waals surface area contributed by atoms with Crippen molar-refractivity contribution in [2.75, 3.05) is 51.8 Å². The Hall–Kier alpha value is -2.90. The molecule has 1 atom stereocenters. The van der Waals surface area contributed by atoms with E-state index in [-0.39, 0.29) is 12.1 Å². The van der Waals surface area contributed by atoms with Crippen LogP contribution in [0, 0.1) is 0 Å². The van der Waals surface area contributed by atoms with Crippen LogP contribution in [0.1, 0.15) is 30.3 Å². The van der Waals surface area contributed by atoms with Gasteiger partial charge in [-0.25, -0.2) is 9.78 Å². The topological polar surface area (TPSA) is 53.8 Å². The molecule has 0 N–H and O–H groups in total. The Morgan fingerprint density at radius 3 is 2.56 bits per heavy atom. The molecule has 0 aliphatic carbocycles. The van der Waals surface area contributed by atoms with Gasteiger partial charge in [0, 0.05) is 57.3 Å². The molecule has 34 heavy (non-hydrogen) atoms. The predicted octanol–water partition coefficient (Wildman–Crippen LogP) is 3.78. The first-order valence-corrected chi connectivity index (χ1v) is 12.4. The Morgan fingerprint density at radius 1 is 1.06 bits per heavy atom. The van der Waals surface area contributed by atoms with Gasteiger partial charge in [-0.1, -0.05) is 30.3 Å². The van der Waals surface area contributed by atoms with Crippen LogP contribution < -0.4 is 4.90 Å². The highest BCUT2D eigenvalue weighted by molar-refractivity contribution is 5.95. The lowest BCUT2D eigenvalue weighted by atomic mass is 9.96. The van der Waals surface area contributed by atoms with Crippen molar-refractivity contribution >= 4 is 22.8 Å². The monoisotopic (exact) mass is 461 g/mol. The smallest absolute Gasteiger partial charge is 0.414 e. The largest absolute Gasteiger partial charge is 0.452 e. The van der Waals surface area contributed by atoms with Crippen molar-refractivity contribution in [1.82, 2.24) is 19.4 Å². The summed E-state index contributed by atoms with van der Waals surface area (Å²) in [4.78, 5) is 24.5. The molecule has 2 aliphatic heterocycles. The second kappa shape index (κ2) is 9.76. The Labute approximate surface area is 201 Å². The number of ether oxygens (including phenoxy) is 1. The van der Waals surface area contributed by atoms with Gasteiger partial charge in [-0.15, -0.1) is 0 Å². The fourth-order valence-corrected chi connectivity index (χ4v) is 5.33. The lowest BCUT2D eigenvalue weighted by Crippen LogP contribution is -2.45. The van der Waals surface area contributed by atoms with Gasteiger partial charge in [0.15, 0.2) is 0 Å². The van der Waals surface area contributed by atoms with Gasteiger partial charge in [0.2, 0.25) is 0 Å². The van der Waals surface area contributed by atoms with Crippen molar-refractivity contribution < 1.29 is 9.53 Å². The Balaban J connectivity index is 1.53. The number of amides is 1. The van der Waals surface area contributed by atoms with Crippen LogP contribution in [0.25, 0.3) is 11.0 Å². The molecule has 180 valence electrons. The number of carbonyl (C=O) groups is 1. The van der Waals surface area contributed by atoms with Gasteiger partial charge in [0.25, 0.3) is 0 Å². The first-order valence-electron chi connectivity index (χ1n) is 12.4. The molecular weight excluding hydrogens is 426 g/mol. The molecule has 7 nitrogen and oxygen atoms in total. The van der Waals surface area contributed by atoms with Crippen molar-refractivity contribution in [3.05, 3.63) is 59.4 Å². The number of anilines is 1. The van der Waals surface area contributed by atoms with Gasteiger partial charge < -0.3 is 14.2 Å². The van der Waals surface area contributed by atoms with Crippen LogP contribution in [-0.4, -0.2) is 78.4 Å². The van der Waals surface area contributed by atoms with Crippen LogP contribution in [0.2, 0.25) is 0 Å². The highest BCUT2D eigenvalue weighted by Crippen LogP contribution is 2.36. The van der Waals surface area contributed by atoms with E-state index in [0.29, 0.717) is 0 Å². The third-order valence-corrected chi connectivity index (χ3v) is 7.40. The molecule has 3 aromatic rings. The third-order valence-electron chi connectivity index (χ3n) is 7.40. The van der Waals surface area contributed by atoms with Gasteiger partial charge in [-0.2, -0.15) is 0 Å². The van der Waals surface area contributed by atoms with E-state index in [1.165, 1.54) is 12.7 Å². The first-order chi connectivity index (χ1) is 16.5. The summed E-state index contributed by atoms with van der Waals surface area (Å²) in [5.74, 6) is 1.09. The van der Waals surface area contributed by atoms with E-state index < -0.39 is 0 Å². The van der Waals surface area contributed by atoms with Gasteiger partial charge >= 0.3 is 6.09 Å². The number of fused-ring (bicyclic) bond motifs is 3. The van der Waals surface area contributed by atoms with Gasteiger partial charge in [-0.3, -0.25) is 9.80 Å². The molecule has 2 aromatic carbocycles. The van der Waals surface area contributed by atoms with E-state index in [4.69, 9.17) is 9.72 Å². The number of piperazine rings is 1. The number of benzene rings is 2. The molecular formula is C27H35N5O2. The zero-order valence-corrected chi connectivity index (χ0v) is 20.5. The van der Waals surface area contributed by atoms with Crippen LogP contribution in [0.4, 0.5) is 10.5 Å². The minimum atomic E-state index is -0.299. The predicted molar refractivity (Wildman–Crippen MR) is 136 cm³/mol. The molecule has 0 saturated carbocycles. The molecule has 1 saturated heterocycles. The van der Waals surface area contributed by atoms with Crippen molar-refractivity contribution in [1.29, 1.82) is 0 Å². The van der Waals surface area contributed by atoms with E-state index in [2.05, 4.69) is 70.8 Å². The number of aryl methyl sites for hydroxylation is 1. The van der Waals surface area contributed by atoms with E-state index in [9.17, 15) is 4.79 Å². The molecule has 0 unspecified atom stereocenters.